The van der Waals surface area contributed by atoms with Crippen LogP contribution in [0, 0.1) is 20.8 Å². The summed E-state index contributed by atoms with van der Waals surface area (Å²) in [6.07, 6.45) is 0. The molecule has 1 rings (SSSR count). The van der Waals surface area contributed by atoms with Crippen molar-refractivity contribution in [2.75, 3.05) is 7.11 Å². The first kappa shape index (κ1) is 11.5. The maximum Gasteiger partial charge on any atom is 0.122 e. The standard InChI is InChI=1S/C11H16BrNO/c1-6-5-9(14-4)7(2)8(3)10(6)11(12)13/h5,11H,13H2,1-4H3. The molecule has 0 spiro atoms. The molecule has 0 saturated carbocycles. The van der Waals surface area contributed by atoms with Crippen molar-refractivity contribution >= 4 is 15.9 Å². The second-order valence-electron chi connectivity index (χ2n) is 3.46. The molecule has 1 aromatic rings. The number of rotatable bonds is 2. The zero-order chi connectivity index (χ0) is 10.9. The second kappa shape index (κ2) is 4.32. The predicted molar refractivity (Wildman–Crippen MR) is 63.1 cm³/mol. The van der Waals surface area contributed by atoms with Crippen LogP contribution in [0.25, 0.3) is 0 Å². The highest BCUT2D eigenvalue weighted by molar-refractivity contribution is 9.09. The van der Waals surface area contributed by atoms with E-state index in [9.17, 15) is 0 Å². The third-order valence-electron chi connectivity index (χ3n) is 2.60. The Bertz CT molecular complexity index is 348. The Hall–Kier alpha value is -0.540. The van der Waals surface area contributed by atoms with Gasteiger partial charge in [0, 0.05) is 0 Å². The smallest absolute Gasteiger partial charge is 0.122 e. The number of ether oxygens (including phenoxy) is 1. The second-order valence-corrected chi connectivity index (χ2v) is 4.45. The summed E-state index contributed by atoms with van der Waals surface area (Å²) in [6.45, 7) is 6.17. The summed E-state index contributed by atoms with van der Waals surface area (Å²) in [6, 6.07) is 2.03. The molecule has 0 aromatic heterocycles. The quantitative estimate of drug-likeness (QED) is 0.653. The molecule has 0 fully saturated rings. The summed E-state index contributed by atoms with van der Waals surface area (Å²) >= 11 is 3.40. The molecular formula is C11H16BrNO. The monoisotopic (exact) mass is 257 g/mol. The van der Waals surface area contributed by atoms with Crippen LogP contribution in [0.3, 0.4) is 0 Å². The van der Waals surface area contributed by atoms with Crippen LogP contribution in [0.15, 0.2) is 6.07 Å². The molecule has 1 atom stereocenters. The lowest BCUT2D eigenvalue weighted by Crippen LogP contribution is -2.08. The van der Waals surface area contributed by atoms with Gasteiger partial charge in [0.25, 0.3) is 0 Å². The lowest BCUT2D eigenvalue weighted by molar-refractivity contribution is 0.410. The zero-order valence-electron chi connectivity index (χ0n) is 9.02. The fourth-order valence-corrected chi connectivity index (χ4v) is 2.41. The Balaban J connectivity index is 3.41. The molecule has 2 N–H and O–H groups in total. The Morgan fingerprint density at radius 3 is 2.29 bits per heavy atom. The van der Waals surface area contributed by atoms with Gasteiger partial charge in [-0.05, 0) is 49.1 Å². The van der Waals surface area contributed by atoms with Crippen molar-refractivity contribution in [3.05, 3.63) is 28.3 Å². The first-order valence-electron chi connectivity index (χ1n) is 4.53. The average Bonchev–Trinajstić information content (AvgIpc) is 2.10. The summed E-state index contributed by atoms with van der Waals surface area (Å²) < 4.78 is 5.29. The third kappa shape index (κ3) is 1.93. The number of hydrogen-bond acceptors (Lipinski definition) is 2. The molecule has 0 amide bonds. The number of halogens is 1. The van der Waals surface area contributed by atoms with Crippen LogP contribution in [0.5, 0.6) is 5.75 Å². The van der Waals surface area contributed by atoms with Gasteiger partial charge in [0.05, 0.1) is 12.1 Å². The Kier molecular flexibility index (Phi) is 3.56. The molecule has 0 saturated heterocycles. The molecule has 2 nitrogen and oxygen atoms in total. The first-order valence-corrected chi connectivity index (χ1v) is 5.45. The van der Waals surface area contributed by atoms with Crippen LogP contribution < -0.4 is 10.5 Å². The minimum atomic E-state index is -0.105. The van der Waals surface area contributed by atoms with Gasteiger partial charge in [-0.15, -0.1) is 0 Å². The van der Waals surface area contributed by atoms with Gasteiger partial charge >= 0.3 is 0 Å². The van der Waals surface area contributed by atoms with Gasteiger partial charge in [-0.25, -0.2) is 0 Å². The molecule has 14 heavy (non-hydrogen) atoms. The van der Waals surface area contributed by atoms with Crippen molar-refractivity contribution in [3.8, 4) is 5.75 Å². The Labute approximate surface area is 93.6 Å². The highest BCUT2D eigenvalue weighted by Crippen LogP contribution is 2.32. The van der Waals surface area contributed by atoms with E-state index in [1.165, 1.54) is 5.56 Å². The van der Waals surface area contributed by atoms with Crippen molar-refractivity contribution in [3.63, 3.8) is 0 Å². The van der Waals surface area contributed by atoms with Gasteiger partial charge in [0.2, 0.25) is 0 Å². The summed E-state index contributed by atoms with van der Waals surface area (Å²) in [5.41, 5.74) is 10.5. The van der Waals surface area contributed by atoms with E-state index >= 15 is 0 Å². The molecule has 0 heterocycles. The normalized spacial score (nSPS) is 12.7. The van der Waals surface area contributed by atoms with Gasteiger partial charge in [-0.2, -0.15) is 0 Å². The van der Waals surface area contributed by atoms with Crippen LogP contribution in [0.2, 0.25) is 0 Å². The van der Waals surface area contributed by atoms with Gasteiger partial charge in [-0.3, -0.25) is 0 Å². The Morgan fingerprint density at radius 2 is 1.86 bits per heavy atom. The topological polar surface area (TPSA) is 35.2 Å². The van der Waals surface area contributed by atoms with Crippen LogP contribution in [-0.4, -0.2) is 7.11 Å². The molecule has 0 aliphatic carbocycles. The minimum absolute atomic E-state index is 0.105. The van der Waals surface area contributed by atoms with E-state index in [0.717, 1.165) is 22.4 Å². The zero-order valence-corrected chi connectivity index (χ0v) is 10.6. The molecule has 0 aliphatic heterocycles. The van der Waals surface area contributed by atoms with Gasteiger partial charge in [-0.1, -0.05) is 15.9 Å². The molecule has 1 unspecified atom stereocenters. The maximum absolute atomic E-state index is 5.85. The van der Waals surface area contributed by atoms with E-state index in [1.807, 2.05) is 19.9 Å². The minimum Gasteiger partial charge on any atom is -0.496 e. The molecule has 0 radical (unpaired) electrons. The van der Waals surface area contributed by atoms with E-state index < -0.39 is 0 Å². The fraction of sp³-hybridized carbons (Fsp3) is 0.455. The number of hydrogen-bond donors (Lipinski definition) is 1. The molecule has 0 bridgehead atoms. The molecular weight excluding hydrogens is 242 g/mol. The average molecular weight is 258 g/mol. The number of alkyl halides is 1. The van der Waals surface area contributed by atoms with E-state index in [4.69, 9.17) is 10.5 Å². The van der Waals surface area contributed by atoms with Crippen molar-refractivity contribution in [2.45, 2.75) is 25.7 Å². The summed E-state index contributed by atoms with van der Waals surface area (Å²) in [4.78, 5) is -0.105. The van der Waals surface area contributed by atoms with Crippen molar-refractivity contribution in [1.82, 2.24) is 0 Å². The van der Waals surface area contributed by atoms with Gasteiger partial charge < -0.3 is 10.5 Å². The first-order chi connectivity index (χ1) is 6.49. The molecule has 78 valence electrons. The van der Waals surface area contributed by atoms with Gasteiger partial charge in [0.1, 0.15) is 5.75 Å². The fourth-order valence-electron chi connectivity index (χ4n) is 1.70. The number of methoxy groups -OCH3 is 1. The lowest BCUT2D eigenvalue weighted by Gasteiger charge is -2.17. The number of aryl methyl sites for hydroxylation is 1. The van der Waals surface area contributed by atoms with Crippen molar-refractivity contribution < 1.29 is 4.74 Å². The van der Waals surface area contributed by atoms with E-state index in [1.54, 1.807) is 7.11 Å². The summed E-state index contributed by atoms with van der Waals surface area (Å²) in [5, 5.41) is 0. The van der Waals surface area contributed by atoms with Crippen LogP contribution >= 0.6 is 15.9 Å². The van der Waals surface area contributed by atoms with Crippen molar-refractivity contribution in [1.29, 1.82) is 0 Å². The summed E-state index contributed by atoms with van der Waals surface area (Å²) in [7, 11) is 1.69. The van der Waals surface area contributed by atoms with E-state index in [0.29, 0.717) is 0 Å². The highest BCUT2D eigenvalue weighted by Gasteiger charge is 2.13. The number of nitrogens with two attached hydrogens (primary N) is 1. The van der Waals surface area contributed by atoms with E-state index in [-0.39, 0.29) is 4.95 Å². The van der Waals surface area contributed by atoms with Crippen LogP contribution in [0.4, 0.5) is 0 Å². The largest absolute Gasteiger partial charge is 0.496 e. The third-order valence-corrected chi connectivity index (χ3v) is 3.06. The highest BCUT2D eigenvalue weighted by atomic mass is 79.9. The predicted octanol–water partition coefficient (Wildman–Crippen LogP) is 2.97. The Morgan fingerprint density at radius 1 is 1.29 bits per heavy atom. The molecule has 0 aliphatic rings. The summed E-state index contributed by atoms with van der Waals surface area (Å²) in [5.74, 6) is 0.928. The van der Waals surface area contributed by atoms with Crippen LogP contribution in [-0.2, 0) is 0 Å². The SMILES string of the molecule is COc1cc(C)c(C(N)Br)c(C)c1C. The van der Waals surface area contributed by atoms with Gasteiger partial charge in [0.15, 0.2) is 0 Å². The number of benzene rings is 1. The van der Waals surface area contributed by atoms with Crippen molar-refractivity contribution in [2.24, 2.45) is 5.73 Å². The lowest BCUT2D eigenvalue weighted by atomic mass is 9.97. The maximum atomic E-state index is 5.85. The molecule has 3 heteroatoms. The van der Waals surface area contributed by atoms with E-state index in [2.05, 4.69) is 22.9 Å². The molecule has 1 aromatic carbocycles. The van der Waals surface area contributed by atoms with Crippen LogP contribution in [0.1, 0.15) is 27.2 Å².